The van der Waals surface area contributed by atoms with E-state index in [4.69, 9.17) is 27.9 Å². The van der Waals surface area contributed by atoms with E-state index in [1.165, 1.54) is 47.4 Å². The maximum atomic E-state index is 13.7. The highest BCUT2D eigenvalue weighted by Gasteiger charge is 2.47. The molecule has 0 radical (unpaired) electrons. The Kier molecular flexibility index (Phi) is 7.15. The van der Waals surface area contributed by atoms with Crippen molar-refractivity contribution in [3.05, 3.63) is 99.3 Å². The van der Waals surface area contributed by atoms with Crippen LogP contribution in [0.3, 0.4) is 0 Å². The number of nitrogens with zero attached hydrogens (tertiary/aromatic N) is 1. The van der Waals surface area contributed by atoms with Crippen LogP contribution in [0.4, 0.5) is 10.1 Å². The summed E-state index contributed by atoms with van der Waals surface area (Å²) in [5.74, 6) is -1.63. The molecule has 1 aliphatic heterocycles. The van der Waals surface area contributed by atoms with Crippen LogP contribution in [-0.2, 0) is 9.59 Å². The molecular weight excluding hydrogens is 492 g/mol. The highest BCUT2D eigenvalue weighted by molar-refractivity contribution is 6.52. The highest BCUT2D eigenvalue weighted by Crippen LogP contribution is 2.43. The minimum atomic E-state index is -1.03. The Balaban J connectivity index is 1.84. The molecule has 0 aliphatic carbocycles. The predicted molar refractivity (Wildman–Crippen MR) is 134 cm³/mol. The number of ether oxygens (including phenoxy) is 1. The minimum Gasteiger partial charge on any atom is -0.507 e. The largest absolute Gasteiger partial charge is 0.507 e. The van der Waals surface area contributed by atoms with E-state index in [1.807, 2.05) is 13.8 Å². The molecule has 1 saturated heterocycles. The lowest BCUT2D eigenvalue weighted by Gasteiger charge is -2.25. The SMILES string of the molecule is CC(C)COc1ccc(/C(O)=C2\C(=O)C(=O)N(c3cc(Cl)cc(Cl)c3)C2c2ccc(F)cc2)cc1. The second kappa shape index (κ2) is 10.1. The van der Waals surface area contributed by atoms with Crippen molar-refractivity contribution in [1.82, 2.24) is 0 Å². The number of hydrogen-bond acceptors (Lipinski definition) is 4. The summed E-state index contributed by atoms with van der Waals surface area (Å²) in [6.07, 6.45) is 0. The van der Waals surface area contributed by atoms with Crippen molar-refractivity contribution in [1.29, 1.82) is 0 Å². The third kappa shape index (κ3) is 5.19. The molecule has 0 saturated carbocycles. The lowest BCUT2D eigenvalue weighted by atomic mass is 9.95. The summed E-state index contributed by atoms with van der Waals surface area (Å²) in [4.78, 5) is 27.6. The summed E-state index contributed by atoms with van der Waals surface area (Å²) in [6, 6.07) is 15.4. The van der Waals surface area contributed by atoms with E-state index in [2.05, 4.69) is 0 Å². The second-order valence-corrected chi connectivity index (χ2v) is 9.45. The van der Waals surface area contributed by atoms with Crippen molar-refractivity contribution in [3.8, 4) is 5.75 Å². The van der Waals surface area contributed by atoms with Crippen LogP contribution in [-0.4, -0.2) is 23.4 Å². The maximum absolute atomic E-state index is 13.7. The number of hydrogen-bond donors (Lipinski definition) is 1. The molecule has 3 aromatic rings. The lowest BCUT2D eigenvalue weighted by molar-refractivity contribution is -0.132. The Hall–Kier alpha value is -3.35. The molecule has 1 amide bonds. The van der Waals surface area contributed by atoms with Crippen LogP contribution in [0.1, 0.15) is 31.0 Å². The first-order chi connectivity index (χ1) is 16.7. The van der Waals surface area contributed by atoms with Crippen molar-refractivity contribution in [2.75, 3.05) is 11.5 Å². The summed E-state index contributed by atoms with van der Waals surface area (Å²) >= 11 is 12.3. The lowest BCUT2D eigenvalue weighted by Crippen LogP contribution is -2.29. The summed E-state index contributed by atoms with van der Waals surface area (Å²) in [6.45, 7) is 4.59. The topological polar surface area (TPSA) is 66.8 Å². The average Bonchev–Trinajstić information content (AvgIpc) is 3.08. The number of anilines is 1. The molecule has 180 valence electrons. The second-order valence-electron chi connectivity index (χ2n) is 8.58. The number of carbonyl (C=O) groups is 2. The number of rotatable bonds is 6. The van der Waals surface area contributed by atoms with Gasteiger partial charge in [-0.15, -0.1) is 0 Å². The fourth-order valence-electron chi connectivity index (χ4n) is 3.87. The molecule has 1 unspecified atom stereocenters. The van der Waals surface area contributed by atoms with E-state index in [1.54, 1.807) is 24.3 Å². The summed E-state index contributed by atoms with van der Waals surface area (Å²) in [7, 11) is 0. The van der Waals surface area contributed by atoms with Crippen molar-refractivity contribution in [2.24, 2.45) is 5.92 Å². The van der Waals surface area contributed by atoms with Crippen LogP contribution in [0, 0.1) is 11.7 Å². The van der Waals surface area contributed by atoms with Gasteiger partial charge in [0.25, 0.3) is 11.7 Å². The van der Waals surface area contributed by atoms with Gasteiger partial charge >= 0.3 is 0 Å². The molecule has 0 spiro atoms. The normalized spacial score (nSPS) is 17.3. The van der Waals surface area contributed by atoms with Crippen LogP contribution in [0.25, 0.3) is 5.76 Å². The Labute approximate surface area is 212 Å². The van der Waals surface area contributed by atoms with E-state index < -0.39 is 23.5 Å². The van der Waals surface area contributed by atoms with Crippen LogP contribution in [0.5, 0.6) is 5.75 Å². The molecule has 1 atom stereocenters. The van der Waals surface area contributed by atoms with E-state index in [0.717, 1.165) is 0 Å². The Morgan fingerprint density at radius 1 is 1.00 bits per heavy atom. The van der Waals surface area contributed by atoms with Crippen LogP contribution >= 0.6 is 23.2 Å². The van der Waals surface area contributed by atoms with Gasteiger partial charge in [-0.1, -0.05) is 49.2 Å². The van der Waals surface area contributed by atoms with E-state index in [-0.39, 0.29) is 27.1 Å². The monoisotopic (exact) mass is 513 g/mol. The standard InChI is InChI=1S/C27H22Cl2FNO4/c1-15(2)14-35-22-9-5-17(6-10-22)25(32)23-24(16-3-7-20(30)8-4-16)31(27(34)26(23)33)21-12-18(28)11-19(29)13-21/h3-13,15,24,32H,14H2,1-2H3/b25-23+. The van der Waals surface area contributed by atoms with Crippen molar-refractivity contribution >= 4 is 46.3 Å². The molecule has 5 nitrogen and oxygen atoms in total. The molecule has 0 aromatic heterocycles. The zero-order valence-electron chi connectivity index (χ0n) is 19.0. The zero-order valence-corrected chi connectivity index (χ0v) is 20.5. The number of carbonyl (C=O) groups excluding carboxylic acids is 2. The Morgan fingerprint density at radius 3 is 2.17 bits per heavy atom. The molecule has 1 heterocycles. The molecular formula is C27H22Cl2FNO4. The zero-order chi connectivity index (χ0) is 25.3. The van der Waals surface area contributed by atoms with Gasteiger partial charge in [0.2, 0.25) is 0 Å². The smallest absolute Gasteiger partial charge is 0.300 e. The third-order valence-corrected chi connectivity index (χ3v) is 5.90. The van der Waals surface area contributed by atoms with Crippen molar-refractivity contribution in [3.63, 3.8) is 0 Å². The quantitative estimate of drug-likeness (QED) is 0.223. The summed E-state index contributed by atoms with van der Waals surface area (Å²) < 4.78 is 19.3. The van der Waals surface area contributed by atoms with Crippen LogP contribution in [0.2, 0.25) is 10.0 Å². The molecule has 35 heavy (non-hydrogen) atoms. The fraction of sp³-hybridized carbons (Fsp3) is 0.185. The molecule has 4 rings (SSSR count). The molecule has 1 N–H and O–H groups in total. The van der Waals surface area contributed by atoms with Gasteiger partial charge in [0.15, 0.2) is 0 Å². The van der Waals surface area contributed by atoms with Crippen LogP contribution < -0.4 is 9.64 Å². The molecule has 1 fully saturated rings. The first-order valence-corrected chi connectivity index (χ1v) is 11.7. The van der Waals surface area contributed by atoms with E-state index in [9.17, 15) is 19.1 Å². The van der Waals surface area contributed by atoms with Gasteiger partial charge in [0.05, 0.1) is 18.2 Å². The summed E-state index contributed by atoms with van der Waals surface area (Å²) in [5, 5.41) is 11.7. The van der Waals surface area contributed by atoms with Gasteiger partial charge in [0, 0.05) is 21.3 Å². The van der Waals surface area contributed by atoms with E-state index in [0.29, 0.717) is 29.4 Å². The predicted octanol–water partition coefficient (Wildman–Crippen LogP) is 6.79. The van der Waals surface area contributed by atoms with Gasteiger partial charge < -0.3 is 9.84 Å². The minimum absolute atomic E-state index is 0.131. The van der Waals surface area contributed by atoms with E-state index >= 15 is 0 Å². The number of amides is 1. The molecule has 8 heteroatoms. The molecule has 3 aromatic carbocycles. The van der Waals surface area contributed by atoms with Crippen molar-refractivity contribution < 1.29 is 23.8 Å². The first-order valence-electron chi connectivity index (χ1n) is 10.9. The van der Waals surface area contributed by atoms with Gasteiger partial charge in [-0.3, -0.25) is 14.5 Å². The molecule has 1 aliphatic rings. The number of halogens is 3. The first kappa shape index (κ1) is 24.8. The Bertz CT molecular complexity index is 1280. The number of aliphatic hydroxyl groups is 1. The number of benzene rings is 3. The number of aliphatic hydroxyl groups excluding tert-OH is 1. The molecule has 0 bridgehead atoms. The number of ketones is 1. The highest BCUT2D eigenvalue weighted by atomic mass is 35.5. The van der Waals surface area contributed by atoms with Gasteiger partial charge in [-0.05, 0) is 66.1 Å². The number of Topliss-reactive ketones (excluding diaryl/α,β-unsaturated/α-hetero) is 1. The van der Waals surface area contributed by atoms with Gasteiger partial charge in [-0.2, -0.15) is 0 Å². The van der Waals surface area contributed by atoms with Gasteiger partial charge in [-0.25, -0.2) is 4.39 Å². The van der Waals surface area contributed by atoms with Crippen molar-refractivity contribution in [2.45, 2.75) is 19.9 Å². The van der Waals surface area contributed by atoms with Crippen LogP contribution in [0.15, 0.2) is 72.3 Å². The summed E-state index contributed by atoms with van der Waals surface area (Å²) in [5.41, 5.74) is 0.903. The third-order valence-electron chi connectivity index (χ3n) is 5.47. The average molecular weight is 514 g/mol. The Morgan fingerprint density at radius 2 is 1.60 bits per heavy atom. The fourth-order valence-corrected chi connectivity index (χ4v) is 4.38. The maximum Gasteiger partial charge on any atom is 0.300 e. The van der Waals surface area contributed by atoms with Gasteiger partial charge in [0.1, 0.15) is 17.3 Å².